The van der Waals surface area contributed by atoms with Crippen LogP contribution >= 0.6 is 0 Å². The van der Waals surface area contributed by atoms with Gasteiger partial charge in [0.15, 0.2) is 5.78 Å². The van der Waals surface area contributed by atoms with Gasteiger partial charge in [-0.3, -0.25) is 4.79 Å². The van der Waals surface area contributed by atoms with Crippen molar-refractivity contribution in [3.8, 4) is 11.5 Å². The number of benzene rings is 2. The normalized spacial score (nSPS) is 17.0. The summed E-state index contributed by atoms with van der Waals surface area (Å²) < 4.78 is 11.8. The number of rotatable bonds is 4. The van der Waals surface area contributed by atoms with E-state index in [1.807, 2.05) is 48.5 Å². The van der Waals surface area contributed by atoms with Gasteiger partial charge in [-0.2, -0.15) is 0 Å². The molecule has 108 valence electrons. The van der Waals surface area contributed by atoms with Gasteiger partial charge in [0, 0.05) is 5.56 Å². The fourth-order valence-corrected chi connectivity index (χ4v) is 2.54. The number of carbonyl (C=O) groups excluding carboxylic acids is 1. The van der Waals surface area contributed by atoms with Crippen molar-refractivity contribution in [2.24, 2.45) is 0 Å². The smallest absolute Gasteiger partial charge is 0.170 e. The SMILES string of the molecule is CCCOc1ccccc1C1CC(=O)c2ccccc2O1. The maximum atomic E-state index is 12.3. The van der Waals surface area contributed by atoms with Crippen molar-refractivity contribution < 1.29 is 14.3 Å². The Kier molecular flexibility index (Phi) is 3.91. The van der Waals surface area contributed by atoms with Gasteiger partial charge in [-0.15, -0.1) is 0 Å². The Bertz CT molecular complexity index is 648. The van der Waals surface area contributed by atoms with Gasteiger partial charge in [0.1, 0.15) is 17.6 Å². The first-order valence-electron chi connectivity index (χ1n) is 7.30. The van der Waals surface area contributed by atoms with Crippen molar-refractivity contribution in [2.45, 2.75) is 25.9 Å². The van der Waals surface area contributed by atoms with E-state index in [0.29, 0.717) is 24.3 Å². The third kappa shape index (κ3) is 2.77. The zero-order valence-corrected chi connectivity index (χ0v) is 12.0. The number of carbonyl (C=O) groups is 1. The Morgan fingerprint density at radius 1 is 1.14 bits per heavy atom. The van der Waals surface area contributed by atoms with Crippen LogP contribution in [0.4, 0.5) is 0 Å². The van der Waals surface area contributed by atoms with Crippen LogP contribution in [0.2, 0.25) is 0 Å². The Morgan fingerprint density at radius 2 is 1.90 bits per heavy atom. The molecule has 0 saturated heterocycles. The molecular weight excluding hydrogens is 264 g/mol. The Labute approximate surface area is 124 Å². The highest BCUT2D eigenvalue weighted by molar-refractivity contribution is 6.00. The molecule has 1 heterocycles. The third-order valence-electron chi connectivity index (χ3n) is 3.56. The van der Waals surface area contributed by atoms with E-state index in [9.17, 15) is 4.79 Å². The number of hydrogen-bond acceptors (Lipinski definition) is 3. The Morgan fingerprint density at radius 3 is 2.76 bits per heavy atom. The van der Waals surface area contributed by atoms with E-state index in [4.69, 9.17) is 9.47 Å². The van der Waals surface area contributed by atoms with E-state index in [0.717, 1.165) is 17.7 Å². The molecule has 0 saturated carbocycles. The molecule has 0 radical (unpaired) electrons. The lowest BCUT2D eigenvalue weighted by Gasteiger charge is -2.26. The molecule has 0 amide bonds. The second-order valence-electron chi connectivity index (χ2n) is 5.12. The highest BCUT2D eigenvalue weighted by atomic mass is 16.5. The molecule has 3 nitrogen and oxygen atoms in total. The van der Waals surface area contributed by atoms with Gasteiger partial charge in [0.25, 0.3) is 0 Å². The van der Waals surface area contributed by atoms with Crippen LogP contribution in [0.3, 0.4) is 0 Å². The van der Waals surface area contributed by atoms with Gasteiger partial charge in [-0.25, -0.2) is 0 Å². The van der Waals surface area contributed by atoms with Crippen LogP contribution in [0.25, 0.3) is 0 Å². The van der Waals surface area contributed by atoms with Crippen molar-refractivity contribution in [1.29, 1.82) is 0 Å². The van der Waals surface area contributed by atoms with E-state index in [2.05, 4.69) is 6.92 Å². The first-order chi connectivity index (χ1) is 10.3. The molecule has 0 fully saturated rings. The largest absolute Gasteiger partial charge is 0.493 e. The summed E-state index contributed by atoms with van der Waals surface area (Å²) in [6, 6.07) is 15.2. The van der Waals surface area contributed by atoms with Crippen LogP contribution in [-0.4, -0.2) is 12.4 Å². The lowest BCUT2D eigenvalue weighted by Crippen LogP contribution is -2.20. The van der Waals surface area contributed by atoms with Gasteiger partial charge >= 0.3 is 0 Å². The first-order valence-corrected chi connectivity index (χ1v) is 7.30. The van der Waals surface area contributed by atoms with Crippen LogP contribution < -0.4 is 9.47 Å². The predicted octanol–water partition coefficient (Wildman–Crippen LogP) is 4.18. The average Bonchev–Trinajstić information content (AvgIpc) is 2.53. The van der Waals surface area contributed by atoms with E-state index in [1.165, 1.54) is 0 Å². The molecule has 0 bridgehead atoms. The van der Waals surface area contributed by atoms with Gasteiger partial charge in [0.2, 0.25) is 0 Å². The second kappa shape index (κ2) is 6.00. The van der Waals surface area contributed by atoms with Gasteiger partial charge < -0.3 is 9.47 Å². The highest BCUT2D eigenvalue weighted by Crippen LogP contribution is 2.37. The first kappa shape index (κ1) is 13.7. The zero-order valence-electron chi connectivity index (χ0n) is 12.0. The van der Waals surface area contributed by atoms with Crippen LogP contribution in [0, 0.1) is 0 Å². The number of ether oxygens (including phenoxy) is 2. The van der Waals surface area contributed by atoms with E-state index >= 15 is 0 Å². The van der Waals surface area contributed by atoms with E-state index < -0.39 is 0 Å². The van der Waals surface area contributed by atoms with Crippen molar-refractivity contribution in [3.05, 3.63) is 59.7 Å². The molecule has 1 unspecified atom stereocenters. The molecule has 0 spiro atoms. The molecule has 2 aromatic rings. The highest BCUT2D eigenvalue weighted by Gasteiger charge is 2.29. The lowest BCUT2D eigenvalue weighted by molar-refractivity contribution is 0.0846. The van der Waals surface area contributed by atoms with Gasteiger partial charge in [0.05, 0.1) is 18.6 Å². The maximum Gasteiger partial charge on any atom is 0.170 e. The topological polar surface area (TPSA) is 35.5 Å². The molecule has 0 aromatic heterocycles. The average molecular weight is 282 g/mol. The second-order valence-corrected chi connectivity index (χ2v) is 5.12. The minimum absolute atomic E-state index is 0.118. The fourth-order valence-electron chi connectivity index (χ4n) is 2.54. The van der Waals surface area contributed by atoms with Crippen molar-refractivity contribution in [3.63, 3.8) is 0 Å². The summed E-state index contributed by atoms with van der Waals surface area (Å²) in [6.45, 7) is 2.73. The summed E-state index contributed by atoms with van der Waals surface area (Å²) in [5.74, 6) is 1.58. The summed E-state index contributed by atoms with van der Waals surface area (Å²) >= 11 is 0. The summed E-state index contributed by atoms with van der Waals surface area (Å²) in [4.78, 5) is 12.3. The molecule has 1 aliphatic heterocycles. The van der Waals surface area contributed by atoms with Gasteiger partial charge in [-0.05, 0) is 24.6 Å². The number of fused-ring (bicyclic) bond motifs is 1. The Hall–Kier alpha value is -2.29. The monoisotopic (exact) mass is 282 g/mol. The van der Waals surface area contributed by atoms with Gasteiger partial charge in [-0.1, -0.05) is 37.3 Å². The maximum absolute atomic E-state index is 12.3. The summed E-state index contributed by atoms with van der Waals surface area (Å²) in [6.07, 6.45) is 1.02. The molecule has 2 aromatic carbocycles. The molecule has 0 aliphatic carbocycles. The van der Waals surface area contributed by atoms with E-state index in [1.54, 1.807) is 0 Å². The molecule has 1 aliphatic rings. The number of para-hydroxylation sites is 2. The van der Waals surface area contributed by atoms with Crippen LogP contribution in [0.1, 0.15) is 41.8 Å². The summed E-state index contributed by atoms with van der Waals surface area (Å²) in [5.41, 5.74) is 1.61. The van der Waals surface area contributed by atoms with Crippen molar-refractivity contribution in [2.75, 3.05) is 6.61 Å². The number of Topliss-reactive ketones (excluding diaryl/α,β-unsaturated/α-hetero) is 1. The lowest BCUT2D eigenvalue weighted by atomic mass is 9.96. The zero-order chi connectivity index (χ0) is 14.7. The summed E-state index contributed by atoms with van der Waals surface area (Å²) in [7, 11) is 0. The molecule has 21 heavy (non-hydrogen) atoms. The fraction of sp³-hybridized carbons (Fsp3) is 0.278. The molecular formula is C18H18O3. The number of hydrogen-bond donors (Lipinski definition) is 0. The number of ketones is 1. The molecule has 3 rings (SSSR count). The van der Waals surface area contributed by atoms with Crippen LogP contribution in [0.5, 0.6) is 11.5 Å². The predicted molar refractivity (Wildman–Crippen MR) is 81.0 cm³/mol. The molecule has 3 heteroatoms. The minimum Gasteiger partial charge on any atom is -0.493 e. The quantitative estimate of drug-likeness (QED) is 0.843. The third-order valence-corrected chi connectivity index (χ3v) is 3.56. The van der Waals surface area contributed by atoms with Crippen molar-refractivity contribution >= 4 is 5.78 Å². The summed E-state index contributed by atoms with van der Waals surface area (Å²) in [5, 5.41) is 0. The van der Waals surface area contributed by atoms with Crippen LogP contribution in [-0.2, 0) is 0 Å². The standard InChI is InChI=1S/C18H18O3/c1-2-11-20-16-9-5-4-8-14(16)18-12-15(19)13-7-3-6-10-17(13)21-18/h3-10,18H,2,11-12H2,1H3. The van der Waals surface area contributed by atoms with E-state index in [-0.39, 0.29) is 11.9 Å². The molecule has 0 N–H and O–H groups in total. The van der Waals surface area contributed by atoms with Crippen molar-refractivity contribution in [1.82, 2.24) is 0 Å². The Balaban J connectivity index is 1.91. The van der Waals surface area contributed by atoms with Crippen LogP contribution in [0.15, 0.2) is 48.5 Å². The molecule has 1 atom stereocenters. The minimum atomic E-state index is -0.277.